The third kappa shape index (κ3) is 2.05. The third-order valence-corrected chi connectivity index (χ3v) is 2.86. The first-order valence-corrected chi connectivity index (χ1v) is 5.48. The van der Waals surface area contributed by atoms with Crippen LogP contribution in [0.25, 0.3) is 0 Å². The van der Waals surface area contributed by atoms with Crippen LogP contribution in [-0.2, 0) is 0 Å². The summed E-state index contributed by atoms with van der Waals surface area (Å²) in [6, 6.07) is 7.72. The topological polar surface area (TPSA) is 42.9 Å². The molecule has 17 heavy (non-hydrogen) atoms. The molecule has 2 aliphatic heterocycles. The molecular formula is C12H15ClN2O2. The Morgan fingerprint density at radius 3 is 2.76 bits per heavy atom. The standard InChI is InChI=1S/C12H14N2O2.ClH/c1-12(11-13-6-7-14-11)8-15-9-4-2-3-5-10(9)16-12;/h2-5H,6-8H2,1H3,(H,13,14);1H. The van der Waals surface area contributed by atoms with E-state index in [1.54, 1.807) is 0 Å². The molecule has 1 N–H and O–H groups in total. The van der Waals surface area contributed by atoms with Gasteiger partial charge in [0.25, 0.3) is 0 Å². The first kappa shape index (κ1) is 12.0. The Bertz CT molecular complexity index is 450. The Kier molecular flexibility index (Phi) is 3.15. The van der Waals surface area contributed by atoms with E-state index in [4.69, 9.17) is 9.47 Å². The lowest BCUT2D eigenvalue weighted by Crippen LogP contribution is -2.53. The molecule has 2 aliphatic rings. The second kappa shape index (κ2) is 4.45. The van der Waals surface area contributed by atoms with Gasteiger partial charge in [0, 0.05) is 6.54 Å². The molecule has 1 atom stereocenters. The molecular weight excluding hydrogens is 240 g/mol. The van der Waals surface area contributed by atoms with Crippen LogP contribution in [0.3, 0.4) is 0 Å². The molecule has 0 fully saturated rings. The van der Waals surface area contributed by atoms with Gasteiger partial charge in [-0.3, -0.25) is 4.99 Å². The Morgan fingerprint density at radius 1 is 1.29 bits per heavy atom. The summed E-state index contributed by atoms with van der Waals surface area (Å²) < 4.78 is 11.7. The van der Waals surface area contributed by atoms with E-state index in [0.29, 0.717) is 6.61 Å². The number of para-hydroxylation sites is 2. The molecule has 5 heteroatoms. The van der Waals surface area contributed by atoms with Crippen molar-refractivity contribution < 1.29 is 9.47 Å². The highest BCUT2D eigenvalue weighted by Crippen LogP contribution is 2.35. The van der Waals surface area contributed by atoms with Gasteiger partial charge >= 0.3 is 0 Å². The van der Waals surface area contributed by atoms with Gasteiger partial charge in [0.1, 0.15) is 12.4 Å². The summed E-state index contributed by atoms with van der Waals surface area (Å²) in [7, 11) is 0. The summed E-state index contributed by atoms with van der Waals surface area (Å²) in [5.74, 6) is 2.48. The van der Waals surface area contributed by atoms with Crippen molar-refractivity contribution in [2.24, 2.45) is 4.99 Å². The highest BCUT2D eigenvalue weighted by atomic mass is 35.5. The van der Waals surface area contributed by atoms with Crippen molar-refractivity contribution in [3.63, 3.8) is 0 Å². The summed E-state index contributed by atoms with van der Waals surface area (Å²) in [6.07, 6.45) is 0. The average molecular weight is 255 g/mol. The molecule has 0 saturated heterocycles. The summed E-state index contributed by atoms with van der Waals surface area (Å²) in [4.78, 5) is 4.40. The van der Waals surface area contributed by atoms with Gasteiger partial charge < -0.3 is 14.8 Å². The summed E-state index contributed by atoms with van der Waals surface area (Å²) in [5.41, 5.74) is -0.481. The first-order chi connectivity index (χ1) is 7.78. The first-order valence-electron chi connectivity index (χ1n) is 5.48. The van der Waals surface area contributed by atoms with E-state index in [1.807, 2.05) is 31.2 Å². The number of ether oxygens (including phenoxy) is 2. The molecule has 4 nitrogen and oxygen atoms in total. The SMILES string of the molecule is CC1(C2=NCCN2)COc2ccccc2O1.Cl. The number of hydrogen-bond donors (Lipinski definition) is 1. The number of nitrogens with one attached hydrogen (secondary N) is 1. The van der Waals surface area contributed by atoms with Crippen molar-refractivity contribution in [1.82, 2.24) is 5.32 Å². The molecule has 3 rings (SSSR count). The number of halogens is 1. The average Bonchev–Trinajstić information content (AvgIpc) is 2.83. The minimum atomic E-state index is -0.481. The molecule has 1 unspecified atom stereocenters. The van der Waals surface area contributed by atoms with Crippen LogP contribution in [-0.4, -0.2) is 31.1 Å². The summed E-state index contributed by atoms with van der Waals surface area (Å²) >= 11 is 0. The molecule has 1 aromatic rings. The number of hydrogen-bond acceptors (Lipinski definition) is 4. The Hall–Kier alpha value is -1.42. The number of nitrogens with zero attached hydrogens (tertiary/aromatic N) is 1. The number of rotatable bonds is 1. The number of amidine groups is 1. The van der Waals surface area contributed by atoms with Crippen molar-refractivity contribution >= 4 is 18.2 Å². The fraction of sp³-hybridized carbons (Fsp3) is 0.417. The zero-order valence-electron chi connectivity index (χ0n) is 9.60. The van der Waals surface area contributed by atoms with Gasteiger partial charge in [-0.2, -0.15) is 0 Å². The highest BCUT2D eigenvalue weighted by Gasteiger charge is 2.39. The van der Waals surface area contributed by atoms with Crippen LogP contribution in [0.2, 0.25) is 0 Å². The minimum absolute atomic E-state index is 0. The van der Waals surface area contributed by atoms with Gasteiger partial charge in [-0.05, 0) is 19.1 Å². The quantitative estimate of drug-likeness (QED) is 0.829. The van der Waals surface area contributed by atoms with E-state index in [1.165, 1.54) is 0 Å². The predicted molar refractivity (Wildman–Crippen MR) is 68.5 cm³/mol. The lowest BCUT2D eigenvalue weighted by Gasteiger charge is -2.35. The van der Waals surface area contributed by atoms with E-state index in [0.717, 1.165) is 30.4 Å². The van der Waals surface area contributed by atoms with Crippen LogP contribution < -0.4 is 14.8 Å². The van der Waals surface area contributed by atoms with Crippen molar-refractivity contribution in [2.45, 2.75) is 12.5 Å². The van der Waals surface area contributed by atoms with Crippen LogP contribution in [0.5, 0.6) is 11.5 Å². The van der Waals surface area contributed by atoms with Gasteiger partial charge in [0.15, 0.2) is 17.1 Å². The van der Waals surface area contributed by atoms with Gasteiger partial charge in [0.05, 0.1) is 6.54 Å². The molecule has 0 radical (unpaired) electrons. The summed E-state index contributed by atoms with van der Waals surface area (Å²) in [5, 5.41) is 3.24. The zero-order valence-corrected chi connectivity index (χ0v) is 10.4. The maximum absolute atomic E-state index is 5.99. The van der Waals surface area contributed by atoms with Crippen molar-refractivity contribution in [3.05, 3.63) is 24.3 Å². The van der Waals surface area contributed by atoms with Crippen LogP contribution in [0.4, 0.5) is 0 Å². The Labute approximate surface area is 106 Å². The third-order valence-electron chi connectivity index (χ3n) is 2.86. The fourth-order valence-electron chi connectivity index (χ4n) is 2.01. The fourth-order valence-corrected chi connectivity index (χ4v) is 2.01. The molecule has 2 heterocycles. The number of fused-ring (bicyclic) bond motifs is 1. The molecule has 92 valence electrons. The monoisotopic (exact) mass is 254 g/mol. The van der Waals surface area contributed by atoms with E-state index in [2.05, 4.69) is 10.3 Å². The Balaban J connectivity index is 0.00000108. The molecule has 0 aromatic heterocycles. The maximum Gasteiger partial charge on any atom is 0.196 e. The van der Waals surface area contributed by atoms with Crippen molar-refractivity contribution in [1.29, 1.82) is 0 Å². The summed E-state index contributed by atoms with van der Waals surface area (Å²) in [6.45, 7) is 4.20. The molecule has 0 aliphatic carbocycles. The van der Waals surface area contributed by atoms with E-state index < -0.39 is 5.60 Å². The van der Waals surface area contributed by atoms with E-state index in [9.17, 15) is 0 Å². The molecule has 0 bridgehead atoms. The predicted octanol–water partition coefficient (Wildman–Crippen LogP) is 1.64. The largest absolute Gasteiger partial charge is 0.485 e. The van der Waals surface area contributed by atoms with Gasteiger partial charge in [-0.25, -0.2) is 0 Å². The number of aliphatic imine (C=N–C) groups is 1. The number of benzene rings is 1. The smallest absolute Gasteiger partial charge is 0.196 e. The van der Waals surface area contributed by atoms with E-state index in [-0.39, 0.29) is 12.4 Å². The second-order valence-corrected chi connectivity index (χ2v) is 4.23. The van der Waals surface area contributed by atoms with Crippen LogP contribution in [0, 0.1) is 0 Å². The van der Waals surface area contributed by atoms with Crippen molar-refractivity contribution in [3.8, 4) is 11.5 Å². The van der Waals surface area contributed by atoms with Crippen LogP contribution in [0.1, 0.15) is 6.92 Å². The maximum atomic E-state index is 5.99. The molecule has 0 spiro atoms. The van der Waals surface area contributed by atoms with Gasteiger partial charge in [0.2, 0.25) is 0 Å². The second-order valence-electron chi connectivity index (χ2n) is 4.23. The van der Waals surface area contributed by atoms with E-state index >= 15 is 0 Å². The Morgan fingerprint density at radius 2 is 2.06 bits per heavy atom. The minimum Gasteiger partial charge on any atom is -0.485 e. The normalized spacial score (nSPS) is 25.6. The van der Waals surface area contributed by atoms with Crippen LogP contribution in [0.15, 0.2) is 29.3 Å². The lowest BCUT2D eigenvalue weighted by atomic mass is 10.1. The van der Waals surface area contributed by atoms with Crippen LogP contribution >= 0.6 is 12.4 Å². The molecule has 1 aromatic carbocycles. The lowest BCUT2D eigenvalue weighted by molar-refractivity contribution is 0.0577. The zero-order chi connectivity index (χ0) is 11.0. The molecule has 0 amide bonds. The highest BCUT2D eigenvalue weighted by molar-refractivity contribution is 5.92. The van der Waals surface area contributed by atoms with Gasteiger partial charge in [-0.1, -0.05) is 12.1 Å². The van der Waals surface area contributed by atoms with Gasteiger partial charge in [-0.15, -0.1) is 12.4 Å². The van der Waals surface area contributed by atoms with Crippen molar-refractivity contribution in [2.75, 3.05) is 19.7 Å². The molecule has 0 saturated carbocycles.